The summed E-state index contributed by atoms with van der Waals surface area (Å²) in [6.07, 6.45) is 0. The Balaban J connectivity index is 2.03. The van der Waals surface area contributed by atoms with E-state index in [1.165, 1.54) is 6.07 Å². The fourth-order valence-electron chi connectivity index (χ4n) is 1.43. The first-order valence-electron chi connectivity index (χ1n) is 5.31. The molecule has 3 N–H and O–H groups in total. The standard InChI is InChI=1S/C12H12N2O3S/c1-7-2-3-8(4-10(7)15)11(16)13-5-9-6-18-12(17)14-9/h2-4,6,15H,5H2,1H3,(H,13,16)(H,14,17). The topological polar surface area (TPSA) is 82.2 Å². The smallest absolute Gasteiger partial charge is 0.304 e. The molecule has 5 nitrogen and oxygen atoms in total. The van der Waals surface area contributed by atoms with Crippen LogP contribution in [0.3, 0.4) is 0 Å². The summed E-state index contributed by atoms with van der Waals surface area (Å²) in [6, 6.07) is 4.73. The van der Waals surface area contributed by atoms with Gasteiger partial charge < -0.3 is 15.4 Å². The van der Waals surface area contributed by atoms with Crippen LogP contribution in [0.4, 0.5) is 0 Å². The molecule has 1 aromatic heterocycles. The van der Waals surface area contributed by atoms with E-state index in [-0.39, 0.29) is 23.1 Å². The van der Waals surface area contributed by atoms with Crippen molar-refractivity contribution in [3.05, 3.63) is 50.1 Å². The van der Waals surface area contributed by atoms with Crippen LogP contribution in [0.5, 0.6) is 5.75 Å². The zero-order valence-electron chi connectivity index (χ0n) is 9.69. The Morgan fingerprint density at radius 2 is 2.28 bits per heavy atom. The minimum absolute atomic E-state index is 0.0894. The highest BCUT2D eigenvalue weighted by atomic mass is 32.1. The number of aromatic nitrogens is 1. The van der Waals surface area contributed by atoms with Gasteiger partial charge in [0.25, 0.3) is 5.91 Å². The fraction of sp³-hybridized carbons (Fsp3) is 0.167. The predicted octanol–water partition coefficient (Wildman–Crippen LogP) is 1.38. The van der Waals surface area contributed by atoms with E-state index in [0.29, 0.717) is 16.8 Å². The van der Waals surface area contributed by atoms with E-state index in [9.17, 15) is 14.7 Å². The fourth-order valence-corrected chi connectivity index (χ4v) is 2.01. The van der Waals surface area contributed by atoms with Gasteiger partial charge in [0.15, 0.2) is 0 Å². The molecule has 18 heavy (non-hydrogen) atoms. The van der Waals surface area contributed by atoms with Crippen molar-refractivity contribution in [2.75, 3.05) is 0 Å². The van der Waals surface area contributed by atoms with Crippen LogP contribution in [0.2, 0.25) is 0 Å². The number of carbonyl (C=O) groups is 1. The largest absolute Gasteiger partial charge is 0.508 e. The van der Waals surface area contributed by atoms with Gasteiger partial charge in [-0.05, 0) is 24.6 Å². The van der Waals surface area contributed by atoms with E-state index >= 15 is 0 Å². The lowest BCUT2D eigenvalue weighted by molar-refractivity contribution is 0.0950. The minimum Gasteiger partial charge on any atom is -0.508 e. The Morgan fingerprint density at radius 1 is 1.50 bits per heavy atom. The molecule has 0 aliphatic rings. The molecule has 0 bridgehead atoms. The Kier molecular flexibility index (Phi) is 3.47. The highest BCUT2D eigenvalue weighted by Crippen LogP contribution is 2.17. The highest BCUT2D eigenvalue weighted by molar-refractivity contribution is 7.07. The van der Waals surface area contributed by atoms with Crippen LogP contribution in [0.1, 0.15) is 21.6 Å². The molecule has 0 saturated carbocycles. The third kappa shape index (κ3) is 2.78. The lowest BCUT2D eigenvalue weighted by Crippen LogP contribution is -2.23. The molecule has 2 rings (SSSR count). The SMILES string of the molecule is Cc1ccc(C(=O)NCc2csc(=O)[nH]2)cc1O. The van der Waals surface area contributed by atoms with E-state index in [1.807, 2.05) is 0 Å². The molecule has 0 radical (unpaired) electrons. The average molecular weight is 264 g/mol. The van der Waals surface area contributed by atoms with Crippen molar-refractivity contribution < 1.29 is 9.90 Å². The van der Waals surface area contributed by atoms with Crippen LogP contribution in [0.25, 0.3) is 0 Å². The maximum Gasteiger partial charge on any atom is 0.304 e. The van der Waals surface area contributed by atoms with Gasteiger partial charge >= 0.3 is 4.87 Å². The maximum absolute atomic E-state index is 11.8. The molecule has 1 heterocycles. The average Bonchev–Trinajstić information content (AvgIpc) is 2.75. The molecular weight excluding hydrogens is 252 g/mol. The van der Waals surface area contributed by atoms with Crippen LogP contribution in [-0.4, -0.2) is 16.0 Å². The summed E-state index contributed by atoms with van der Waals surface area (Å²) in [5.74, 6) is -0.205. The number of aryl methyl sites for hydroxylation is 1. The van der Waals surface area contributed by atoms with Gasteiger partial charge in [-0.1, -0.05) is 17.4 Å². The van der Waals surface area contributed by atoms with Gasteiger partial charge in [0, 0.05) is 16.6 Å². The molecule has 0 unspecified atom stereocenters. The summed E-state index contributed by atoms with van der Waals surface area (Å²) in [5, 5.41) is 13.8. The number of H-pyrrole nitrogens is 1. The van der Waals surface area contributed by atoms with Gasteiger partial charge in [-0.25, -0.2) is 0 Å². The van der Waals surface area contributed by atoms with E-state index in [0.717, 1.165) is 11.3 Å². The van der Waals surface area contributed by atoms with Crippen molar-refractivity contribution in [2.45, 2.75) is 13.5 Å². The summed E-state index contributed by atoms with van der Waals surface area (Å²) in [7, 11) is 0. The van der Waals surface area contributed by atoms with Crippen LogP contribution in [-0.2, 0) is 6.54 Å². The number of amides is 1. The second-order valence-corrected chi connectivity index (χ2v) is 4.70. The lowest BCUT2D eigenvalue weighted by atomic mass is 10.1. The molecule has 0 aliphatic carbocycles. The minimum atomic E-state index is -0.294. The molecule has 0 fully saturated rings. The van der Waals surface area contributed by atoms with Crippen LogP contribution in [0, 0.1) is 6.92 Å². The first kappa shape index (κ1) is 12.4. The number of phenolic OH excluding ortho intramolecular Hbond substituents is 1. The number of rotatable bonds is 3. The molecule has 94 valence electrons. The first-order chi connectivity index (χ1) is 8.56. The van der Waals surface area contributed by atoms with Crippen molar-refractivity contribution in [2.24, 2.45) is 0 Å². The number of hydrogen-bond donors (Lipinski definition) is 3. The number of benzene rings is 1. The molecule has 0 atom stereocenters. The van der Waals surface area contributed by atoms with E-state index in [4.69, 9.17) is 0 Å². The number of aromatic hydroxyl groups is 1. The van der Waals surface area contributed by atoms with Gasteiger partial charge in [-0.15, -0.1) is 0 Å². The van der Waals surface area contributed by atoms with Crippen molar-refractivity contribution >= 4 is 17.2 Å². The molecule has 0 spiro atoms. The van der Waals surface area contributed by atoms with Crippen molar-refractivity contribution in [1.82, 2.24) is 10.3 Å². The molecule has 2 aromatic rings. The van der Waals surface area contributed by atoms with E-state index < -0.39 is 0 Å². The highest BCUT2D eigenvalue weighted by Gasteiger charge is 2.07. The second-order valence-electron chi connectivity index (χ2n) is 3.86. The van der Waals surface area contributed by atoms with Crippen molar-refractivity contribution in [3.63, 3.8) is 0 Å². The van der Waals surface area contributed by atoms with Gasteiger partial charge in [0.2, 0.25) is 0 Å². The second kappa shape index (κ2) is 5.05. The van der Waals surface area contributed by atoms with Crippen LogP contribution >= 0.6 is 11.3 Å². The molecule has 6 heteroatoms. The Labute approximate surface area is 107 Å². The lowest BCUT2D eigenvalue weighted by Gasteiger charge is -2.05. The van der Waals surface area contributed by atoms with Crippen molar-refractivity contribution in [3.8, 4) is 5.75 Å². The monoisotopic (exact) mass is 264 g/mol. The van der Waals surface area contributed by atoms with Gasteiger partial charge in [0.05, 0.1) is 6.54 Å². The predicted molar refractivity (Wildman–Crippen MR) is 69.0 cm³/mol. The Bertz CT molecular complexity index is 630. The van der Waals surface area contributed by atoms with E-state index in [1.54, 1.807) is 24.4 Å². The number of hydrogen-bond acceptors (Lipinski definition) is 4. The zero-order chi connectivity index (χ0) is 13.1. The molecular formula is C12H12N2O3S. The summed E-state index contributed by atoms with van der Waals surface area (Å²) >= 11 is 1.05. The zero-order valence-corrected chi connectivity index (χ0v) is 10.5. The number of nitrogens with one attached hydrogen (secondary N) is 2. The van der Waals surface area contributed by atoms with Crippen molar-refractivity contribution in [1.29, 1.82) is 0 Å². The van der Waals surface area contributed by atoms with Gasteiger partial charge in [-0.2, -0.15) is 0 Å². The normalized spacial score (nSPS) is 10.3. The van der Waals surface area contributed by atoms with Gasteiger partial charge in [-0.3, -0.25) is 9.59 Å². The molecule has 0 saturated heterocycles. The Hall–Kier alpha value is -2.08. The number of phenols is 1. The summed E-state index contributed by atoms with van der Waals surface area (Å²) in [5.41, 5.74) is 1.76. The molecule has 0 aliphatic heterocycles. The number of aromatic amines is 1. The summed E-state index contributed by atoms with van der Waals surface area (Å²) in [6.45, 7) is 2.01. The number of thiazole rings is 1. The van der Waals surface area contributed by atoms with E-state index in [2.05, 4.69) is 10.3 Å². The summed E-state index contributed by atoms with van der Waals surface area (Å²) < 4.78 is 0. The third-order valence-electron chi connectivity index (χ3n) is 2.48. The third-order valence-corrected chi connectivity index (χ3v) is 3.20. The van der Waals surface area contributed by atoms with Crippen LogP contribution in [0.15, 0.2) is 28.4 Å². The summed E-state index contributed by atoms with van der Waals surface area (Å²) in [4.78, 5) is 25.1. The first-order valence-corrected chi connectivity index (χ1v) is 6.19. The van der Waals surface area contributed by atoms with Gasteiger partial charge in [0.1, 0.15) is 5.75 Å². The maximum atomic E-state index is 11.8. The molecule has 1 amide bonds. The van der Waals surface area contributed by atoms with Crippen LogP contribution < -0.4 is 10.2 Å². The molecule has 1 aromatic carbocycles. The Morgan fingerprint density at radius 3 is 2.89 bits per heavy atom. The number of carbonyl (C=O) groups excluding carboxylic acids is 1. The quantitative estimate of drug-likeness (QED) is 0.783.